The van der Waals surface area contributed by atoms with E-state index in [0.29, 0.717) is 19.3 Å². The van der Waals surface area contributed by atoms with Crippen molar-refractivity contribution in [2.24, 2.45) is 40.7 Å². The van der Waals surface area contributed by atoms with Crippen molar-refractivity contribution in [3.63, 3.8) is 0 Å². The first kappa shape index (κ1) is 94.2. The largest absolute Gasteiger partial charge is 0.481 e. The predicted octanol–water partition coefficient (Wildman–Crippen LogP) is 12.3. The first-order valence-corrected chi connectivity index (χ1v) is 41.4. The summed E-state index contributed by atoms with van der Waals surface area (Å²) in [5.41, 5.74) is 34.0. The van der Waals surface area contributed by atoms with Crippen LogP contribution in [0.15, 0.2) is 198 Å². The molecule has 27 nitrogen and oxygen atoms in total. The monoisotopic (exact) mass is 1690 g/mol. The van der Waals surface area contributed by atoms with Gasteiger partial charge in [0.1, 0.15) is 0 Å². The number of hydrogen-bond acceptors (Lipinski definition) is 18. The van der Waals surface area contributed by atoms with Gasteiger partial charge < -0.3 is 64.4 Å². The summed E-state index contributed by atoms with van der Waals surface area (Å²) in [6.45, 7) is 0. The Bertz CT molecular complexity index is 4990. The zero-order valence-electron chi connectivity index (χ0n) is 65.8. The van der Waals surface area contributed by atoms with Crippen LogP contribution in [0.1, 0.15) is 132 Å². The lowest BCUT2D eigenvalue weighted by Crippen LogP contribution is -2.43. The van der Waals surface area contributed by atoms with Crippen molar-refractivity contribution in [3.8, 4) is 64.7 Å². The number of carbonyl (C=O) groups is 15. The molecule has 7 amide bonds. The molecule has 0 fully saturated rings. The molecule has 0 radical (unpaired) electrons. The Labute approximate surface area is 705 Å². The van der Waals surface area contributed by atoms with Crippen molar-refractivity contribution in [2.45, 2.75) is 153 Å². The van der Waals surface area contributed by atoms with Crippen LogP contribution in [-0.2, 0) is 91.2 Å². The Morgan fingerprint density at radius 2 is 0.567 bits per heavy atom. The predicted molar refractivity (Wildman–Crippen MR) is 456 cm³/mol. The van der Waals surface area contributed by atoms with E-state index in [0.717, 1.165) is 81.4 Å². The van der Waals surface area contributed by atoms with Crippen molar-refractivity contribution >= 4 is 123 Å². The summed E-state index contributed by atoms with van der Waals surface area (Å²) < 4.78 is 0. The summed E-state index contributed by atoms with van der Waals surface area (Å²) in [5, 5.41) is 59.0. The molecule has 9 rings (SSSR count). The molecule has 0 unspecified atom stereocenters. The number of Topliss-reactive ketones (excluding diaryl/α,β-unsaturated/α-hetero) is 3. The lowest BCUT2D eigenvalue weighted by Gasteiger charge is -2.20. The van der Waals surface area contributed by atoms with Gasteiger partial charge in [0.25, 0.3) is 0 Å². The number of carboxylic acid groups (broad SMARTS) is 5. The SMILES string of the molecule is NC(=O)CC[C@H](CC(=O)[C@H](CCC(=O)O)NC(=O)CCc1ccc(-c2cc(-c3ccccc3)cs2)cc1)C(N)=O.NC(=O)[C@H](CC(=O)O)CC(=O)[C@H](CCC(=O)O)NC(=O)CCc1ccc(-c2cc(-c3ccccc3)cs2)cc1.NC(=O)[C@H](CCCC(=O)O)CC(=O)[C@H](CCC(=O)O)NC(=O)CCc1ccc(-c2cc(-c3ccccc3)cs2)cc1. The number of carbonyl (C=O) groups excluding carboxylic acids is 10. The maximum atomic E-state index is 12.9. The van der Waals surface area contributed by atoms with Gasteiger partial charge >= 0.3 is 29.8 Å². The molecule has 0 aliphatic heterocycles. The van der Waals surface area contributed by atoms with Crippen LogP contribution in [0, 0.1) is 17.8 Å². The number of nitrogens with two attached hydrogens (primary N) is 4. The third-order valence-corrected chi connectivity index (χ3v) is 22.5. The standard InChI is InChI=1S/C31H34N2O7S.C30H33N3O6S.C29H30N2O7S/c32-31(40)23(7-4-8-29(36)37)17-26(34)25(14-16-30(38)39)33-28(35)15-11-20-9-12-22(13-10-20)27-18-24(19-41-27)21-5-2-1-3-6-21;31-27(35)13-11-22(30(32)39)16-25(34)24(12-15-29(37)38)33-28(36)14-8-19-6-9-21(10-7-19)26-17-23(18-40-26)20-4-2-1-3-5-20;30-29(38)21(16-28(36)37)14-24(32)23(11-13-27(34)35)31-26(33)12-8-18-6-9-20(10-7-18)25-15-22(17-39-25)19-4-2-1-3-5-19/h1-3,5-6,9-10,12-13,18-19,23,25H,4,7-8,11,14-17H2,(H2,32,40)(H,33,35)(H,36,37)(H,38,39);1-7,9-10,17-18,22,24H,8,11-16H2,(H2,31,35)(H2,32,39)(H,33,36)(H,37,38);1-7,9-10,15,17,21,23H,8,11-14,16H2,(H2,30,38)(H,31,33)(H,34,35)(H,36,37)/t23-,25+;22-,24+;21-,23-/m110/s1. The smallest absolute Gasteiger partial charge is 0.304 e. The van der Waals surface area contributed by atoms with Crippen molar-refractivity contribution in [1.82, 2.24) is 16.0 Å². The minimum atomic E-state index is -1.29. The Morgan fingerprint density at radius 3 is 0.833 bits per heavy atom. The van der Waals surface area contributed by atoms with Crippen molar-refractivity contribution in [3.05, 3.63) is 215 Å². The Hall–Kier alpha value is -12.9. The van der Waals surface area contributed by atoms with Gasteiger partial charge in [-0.3, -0.25) is 71.9 Å². The zero-order valence-corrected chi connectivity index (χ0v) is 68.2. The quantitative estimate of drug-likeness (QED) is 0.0168. The van der Waals surface area contributed by atoms with Gasteiger partial charge in [0, 0.05) is 97.1 Å². The highest BCUT2D eigenvalue weighted by Crippen LogP contribution is 2.36. The molecule has 0 aliphatic rings. The molecule has 3 heterocycles. The molecule has 0 aliphatic carbocycles. The van der Waals surface area contributed by atoms with Crippen LogP contribution in [0.5, 0.6) is 0 Å². The maximum absolute atomic E-state index is 12.9. The number of primary amides is 4. The number of aryl methyl sites for hydroxylation is 3. The van der Waals surface area contributed by atoms with Crippen LogP contribution in [0.4, 0.5) is 0 Å². The van der Waals surface area contributed by atoms with Crippen molar-refractivity contribution in [1.29, 1.82) is 0 Å². The van der Waals surface area contributed by atoms with Crippen LogP contribution in [0.2, 0.25) is 0 Å². The van der Waals surface area contributed by atoms with Gasteiger partial charge in [-0.15, -0.1) is 34.0 Å². The van der Waals surface area contributed by atoms with E-state index in [1.807, 2.05) is 127 Å². The van der Waals surface area contributed by atoms with Crippen molar-refractivity contribution in [2.75, 3.05) is 0 Å². The second kappa shape index (κ2) is 48.7. The highest BCUT2D eigenvalue weighted by Gasteiger charge is 2.31. The minimum Gasteiger partial charge on any atom is -0.481 e. The first-order chi connectivity index (χ1) is 57.4. The molecular weight excluding hydrogens is 1600 g/mol. The molecule has 120 heavy (non-hydrogen) atoms. The van der Waals surface area contributed by atoms with E-state index in [-0.39, 0.29) is 103 Å². The van der Waals surface area contributed by atoms with Gasteiger partial charge in [-0.25, -0.2) is 0 Å². The number of ketones is 3. The number of nitrogens with one attached hydrogen (secondary N) is 3. The van der Waals surface area contributed by atoms with E-state index >= 15 is 0 Å². The Kier molecular flexibility index (Phi) is 38.2. The molecule has 9 aromatic rings. The summed E-state index contributed by atoms with van der Waals surface area (Å²) >= 11 is 4.96. The van der Waals surface area contributed by atoms with Crippen LogP contribution < -0.4 is 38.9 Å². The number of thiophene rings is 3. The van der Waals surface area contributed by atoms with Gasteiger partial charge in [0.2, 0.25) is 41.4 Å². The number of carboxylic acids is 5. The fraction of sp³-hybridized carbons (Fsp3) is 0.300. The molecule has 6 atom stereocenters. The normalized spacial score (nSPS) is 12.3. The molecule has 6 aromatic carbocycles. The number of hydrogen-bond donors (Lipinski definition) is 12. The molecule has 0 bridgehead atoms. The summed E-state index contributed by atoms with van der Waals surface area (Å²) in [5.74, 6) is -14.8. The molecular formula is C90H97N7O20S3. The maximum Gasteiger partial charge on any atom is 0.304 e. The highest BCUT2D eigenvalue weighted by atomic mass is 32.1. The first-order valence-electron chi connectivity index (χ1n) is 38.8. The summed E-state index contributed by atoms with van der Waals surface area (Å²) in [6.07, 6.45) is -1.75. The van der Waals surface area contributed by atoms with Crippen LogP contribution in [-0.4, -0.2) is 132 Å². The average Bonchev–Trinajstić information content (AvgIpc) is 1.69. The lowest BCUT2D eigenvalue weighted by molar-refractivity contribution is -0.141. The molecule has 0 saturated heterocycles. The summed E-state index contributed by atoms with van der Waals surface area (Å²) in [7, 11) is 0. The topological polar surface area (TPSA) is 497 Å². The highest BCUT2D eigenvalue weighted by molar-refractivity contribution is 7.14. The van der Waals surface area contributed by atoms with E-state index in [1.165, 1.54) is 0 Å². The third kappa shape index (κ3) is 33.2. The van der Waals surface area contributed by atoms with Crippen LogP contribution in [0.3, 0.4) is 0 Å². The molecule has 0 saturated carbocycles. The Morgan fingerprint density at radius 1 is 0.283 bits per heavy atom. The third-order valence-electron chi connectivity index (χ3n) is 19.5. The zero-order chi connectivity index (χ0) is 87.2. The second-order valence-corrected chi connectivity index (χ2v) is 31.4. The van der Waals surface area contributed by atoms with Crippen molar-refractivity contribution < 1.29 is 97.5 Å². The average molecular weight is 1690 g/mol. The van der Waals surface area contributed by atoms with Crippen LogP contribution in [0.25, 0.3) is 64.7 Å². The number of aliphatic carboxylic acids is 5. The molecule has 0 spiro atoms. The molecule has 3 aromatic heterocycles. The van der Waals surface area contributed by atoms with E-state index < -0.39 is 137 Å². The second-order valence-electron chi connectivity index (χ2n) is 28.6. The van der Waals surface area contributed by atoms with Gasteiger partial charge in [-0.05, 0) is 159 Å². The minimum absolute atomic E-state index is 0.00500. The Balaban J connectivity index is 0.000000248. The summed E-state index contributed by atoms with van der Waals surface area (Å²) in [4.78, 5) is 181. The van der Waals surface area contributed by atoms with E-state index in [9.17, 15) is 71.9 Å². The van der Waals surface area contributed by atoms with Gasteiger partial charge in [-0.2, -0.15) is 0 Å². The van der Waals surface area contributed by atoms with Gasteiger partial charge in [0.05, 0.1) is 30.5 Å². The van der Waals surface area contributed by atoms with Gasteiger partial charge in [0.15, 0.2) is 17.3 Å². The summed E-state index contributed by atoms with van der Waals surface area (Å²) in [6, 6.07) is 57.1. The van der Waals surface area contributed by atoms with Crippen LogP contribution >= 0.6 is 34.0 Å². The molecule has 16 N–H and O–H groups in total. The lowest BCUT2D eigenvalue weighted by atomic mass is 9.91. The fourth-order valence-corrected chi connectivity index (χ4v) is 15.6. The number of benzene rings is 6. The van der Waals surface area contributed by atoms with E-state index in [4.69, 9.17) is 48.5 Å². The van der Waals surface area contributed by atoms with E-state index in [1.54, 1.807) is 34.0 Å². The van der Waals surface area contributed by atoms with E-state index in [2.05, 4.69) is 86.7 Å². The molecule has 30 heteroatoms. The van der Waals surface area contributed by atoms with Gasteiger partial charge in [-0.1, -0.05) is 164 Å². The number of amides is 7. The molecule has 630 valence electrons. The fourth-order valence-electron chi connectivity index (χ4n) is 12.8. The number of rotatable bonds is 48.